The summed E-state index contributed by atoms with van der Waals surface area (Å²) in [5.74, 6) is 0.0809. The maximum absolute atomic E-state index is 10.6. The molecule has 2 nitrogen and oxygen atoms in total. The summed E-state index contributed by atoms with van der Waals surface area (Å²) in [5, 5.41) is 0. The Balaban J connectivity index is 2.84. The Bertz CT molecular complexity index is 211. The Morgan fingerprint density at radius 3 is 2.78 bits per heavy atom. The minimum Gasteiger partial charge on any atom is -0.295 e. The van der Waals surface area contributed by atoms with E-state index in [1.54, 1.807) is 24.6 Å². The van der Waals surface area contributed by atoms with E-state index in [1.165, 1.54) is 6.92 Å². The van der Waals surface area contributed by atoms with Crippen LogP contribution in [0, 0.1) is 0 Å². The smallest absolute Gasteiger partial charge is 0.242 e. The van der Waals surface area contributed by atoms with E-state index in [0.29, 0.717) is 5.57 Å². The van der Waals surface area contributed by atoms with Crippen LogP contribution >= 0.6 is 0 Å². The Kier molecular flexibility index (Phi) is 1.58. The summed E-state index contributed by atoms with van der Waals surface area (Å²) in [6.45, 7) is 1.54. The maximum atomic E-state index is 10.6. The second kappa shape index (κ2) is 2.40. The van der Waals surface area contributed by atoms with Gasteiger partial charge in [-0.2, -0.15) is 0 Å². The quantitative estimate of drug-likeness (QED) is 0.495. The lowest BCUT2D eigenvalue weighted by Gasteiger charge is -1.88. The van der Waals surface area contributed by atoms with Gasteiger partial charge in [0.2, 0.25) is 12.4 Å². The highest BCUT2D eigenvalue weighted by Crippen LogP contribution is 1.97. The minimum absolute atomic E-state index is 0.0809. The zero-order valence-electron chi connectivity index (χ0n) is 5.16. The molecule has 0 saturated heterocycles. The summed E-state index contributed by atoms with van der Waals surface area (Å²) >= 11 is 0. The van der Waals surface area contributed by atoms with Gasteiger partial charge in [-0.05, 0) is 6.92 Å². The summed E-state index contributed by atoms with van der Waals surface area (Å²) in [7, 11) is 0. The number of allylic oxidation sites excluding steroid dienone is 3. The number of nitrogens with zero attached hydrogens (tertiary/aromatic N) is 1. The Labute approximate surface area is 53.6 Å². The van der Waals surface area contributed by atoms with Gasteiger partial charge in [-0.3, -0.25) is 4.79 Å². The van der Waals surface area contributed by atoms with Crippen molar-refractivity contribution in [2.24, 2.45) is 0 Å². The van der Waals surface area contributed by atoms with Gasteiger partial charge in [0.05, 0.1) is 4.99 Å². The summed E-state index contributed by atoms with van der Waals surface area (Å²) in [4.78, 5) is 14.4. The monoisotopic (exact) mass is 121 g/mol. The zero-order valence-corrected chi connectivity index (χ0v) is 5.16. The van der Waals surface area contributed by atoms with Crippen molar-refractivity contribution < 1.29 is 4.79 Å². The summed E-state index contributed by atoms with van der Waals surface area (Å²) in [5.41, 5.74) is 0.713. The largest absolute Gasteiger partial charge is 0.295 e. The van der Waals surface area contributed by atoms with Crippen molar-refractivity contribution in [1.29, 1.82) is 0 Å². The van der Waals surface area contributed by atoms with Gasteiger partial charge in [0.1, 0.15) is 0 Å². The molecule has 0 N–H and O–H groups in total. The molecule has 1 aliphatic rings. The third kappa shape index (κ3) is 1.35. The van der Waals surface area contributed by atoms with Crippen molar-refractivity contribution >= 4 is 12.0 Å². The van der Waals surface area contributed by atoms with Crippen LogP contribution in [0.5, 0.6) is 0 Å². The zero-order chi connectivity index (χ0) is 6.69. The highest BCUT2D eigenvalue weighted by Gasteiger charge is 2.03. The third-order valence-electron chi connectivity index (χ3n) is 1.09. The Hall–Kier alpha value is -1.18. The first kappa shape index (κ1) is 5.95. The predicted molar refractivity (Wildman–Crippen MR) is 36.1 cm³/mol. The first-order chi connectivity index (χ1) is 4.30. The third-order valence-corrected chi connectivity index (χ3v) is 1.09. The van der Waals surface area contributed by atoms with Crippen LogP contribution < -0.4 is 4.99 Å². The molecule has 0 aromatic rings. The number of hydrogen-bond acceptors (Lipinski definition) is 2. The SMILES string of the molecule is CC(=O)C1=CC=[N+]C=C1. The molecule has 0 aliphatic carbocycles. The van der Waals surface area contributed by atoms with E-state index in [9.17, 15) is 4.79 Å². The number of carbonyl (C=O) groups is 1. The number of aliphatic imine (C=N–C) groups is 1. The van der Waals surface area contributed by atoms with E-state index in [2.05, 4.69) is 4.99 Å². The fraction of sp³-hybridized carbons (Fsp3) is 0.143. The lowest BCUT2D eigenvalue weighted by atomic mass is 10.1. The molecule has 0 saturated carbocycles. The van der Waals surface area contributed by atoms with E-state index < -0.39 is 0 Å². The maximum Gasteiger partial charge on any atom is 0.242 e. The van der Waals surface area contributed by atoms with Crippen molar-refractivity contribution in [2.45, 2.75) is 6.92 Å². The molecule has 0 atom stereocenters. The van der Waals surface area contributed by atoms with Gasteiger partial charge in [-0.1, -0.05) is 0 Å². The van der Waals surface area contributed by atoms with Crippen LogP contribution in [-0.2, 0) is 4.79 Å². The van der Waals surface area contributed by atoms with Crippen molar-refractivity contribution in [3.63, 3.8) is 0 Å². The molecule has 1 rings (SSSR count). The summed E-state index contributed by atoms with van der Waals surface area (Å²) in [6.07, 6.45) is 6.61. The molecular formula is C7H7NO+. The van der Waals surface area contributed by atoms with Gasteiger partial charge in [-0.15, -0.1) is 0 Å². The molecule has 1 radical (unpaired) electrons. The van der Waals surface area contributed by atoms with E-state index in [0.717, 1.165) is 0 Å². The number of ketones is 1. The number of rotatable bonds is 1. The highest BCUT2D eigenvalue weighted by molar-refractivity contribution is 6.00. The van der Waals surface area contributed by atoms with Crippen molar-refractivity contribution in [3.8, 4) is 0 Å². The van der Waals surface area contributed by atoms with Gasteiger partial charge in [-0.25, -0.2) is 0 Å². The molecule has 0 amide bonds. The van der Waals surface area contributed by atoms with Gasteiger partial charge in [0.25, 0.3) is 0 Å². The van der Waals surface area contributed by atoms with Crippen LogP contribution in [0.15, 0.2) is 23.9 Å². The molecule has 45 valence electrons. The predicted octanol–water partition coefficient (Wildman–Crippen LogP) is 0.436. The first-order valence-electron chi connectivity index (χ1n) is 2.71. The van der Waals surface area contributed by atoms with Crippen LogP contribution in [0.1, 0.15) is 6.92 Å². The van der Waals surface area contributed by atoms with Crippen LogP contribution in [0.4, 0.5) is 0 Å². The molecule has 9 heavy (non-hydrogen) atoms. The van der Waals surface area contributed by atoms with E-state index in [-0.39, 0.29) is 5.78 Å². The van der Waals surface area contributed by atoms with Gasteiger partial charge < -0.3 is 0 Å². The Morgan fingerprint density at radius 1 is 1.67 bits per heavy atom. The molecule has 2 heteroatoms. The molecule has 0 aromatic carbocycles. The molecule has 0 spiro atoms. The summed E-state index contributed by atoms with van der Waals surface area (Å²) in [6, 6.07) is 0. The highest BCUT2D eigenvalue weighted by atomic mass is 16.1. The molecule has 0 fully saturated rings. The van der Waals surface area contributed by atoms with Crippen LogP contribution in [0.25, 0.3) is 0 Å². The standard InChI is InChI=1S/C7H7NO/c1-6(9)7-2-4-8-5-3-7/h2-5H,1H3/q+1. The molecule has 0 unspecified atom stereocenters. The van der Waals surface area contributed by atoms with Crippen LogP contribution in [-0.4, -0.2) is 12.0 Å². The normalized spacial score (nSPS) is 15.4. The molecule has 0 bridgehead atoms. The molecule has 1 heterocycles. The molecular weight excluding hydrogens is 114 g/mol. The average Bonchev–Trinajstić information content (AvgIpc) is 1.90. The molecule has 1 aliphatic heterocycles. The Morgan fingerprint density at radius 2 is 2.44 bits per heavy atom. The van der Waals surface area contributed by atoms with Crippen LogP contribution in [0.3, 0.4) is 0 Å². The van der Waals surface area contributed by atoms with Crippen LogP contribution in [0.2, 0.25) is 0 Å². The van der Waals surface area contributed by atoms with Crippen molar-refractivity contribution in [3.05, 3.63) is 23.9 Å². The van der Waals surface area contributed by atoms with Crippen molar-refractivity contribution in [1.82, 2.24) is 4.99 Å². The summed E-state index contributed by atoms with van der Waals surface area (Å²) < 4.78 is 0. The topological polar surface area (TPSA) is 31.2 Å². The lowest BCUT2D eigenvalue weighted by molar-refractivity contribution is -0.113. The van der Waals surface area contributed by atoms with E-state index >= 15 is 0 Å². The lowest BCUT2D eigenvalue weighted by Crippen LogP contribution is -1.98. The van der Waals surface area contributed by atoms with Gasteiger partial charge in [0.15, 0.2) is 5.78 Å². The van der Waals surface area contributed by atoms with Gasteiger partial charge >= 0.3 is 0 Å². The fourth-order valence-electron chi connectivity index (χ4n) is 0.587. The van der Waals surface area contributed by atoms with E-state index in [1.807, 2.05) is 0 Å². The minimum atomic E-state index is 0.0809. The second-order valence-electron chi connectivity index (χ2n) is 1.79. The average molecular weight is 121 g/mol. The number of hydrogen-bond donors (Lipinski definition) is 0. The van der Waals surface area contributed by atoms with Crippen molar-refractivity contribution in [2.75, 3.05) is 0 Å². The molecule has 0 aromatic heterocycles. The fourth-order valence-corrected chi connectivity index (χ4v) is 0.587. The first-order valence-corrected chi connectivity index (χ1v) is 2.71. The number of Topliss-reactive ketones (excluding diaryl/α,β-unsaturated/α-hetero) is 1. The van der Waals surface area contributed by atoms with Gasteiger partial charge in [0, 0.05) is 17.7 Å². The second-order valence-corrected chi connectivity index (χ2v) is 1.79. The number of carbonyl (C=O) groups excluding carboxylic acids is 1. The van der Waals surface area contributed by atoms with E-state index in [4.69, 9.17) is 0 Å².